The number of hydrogen-bond donors (Lipinski definition) is 1. The maximum absolute atomic E-state index is 13.6. The molecule has 0 saturated carbocycles. The van der Waals surface area contributed by atoms with E-state index in [1.807, 2.05) is 6.07 Å². The van der Waals surface area contributed by atoms with Gasteiger partial charge in [0.05, 0.1) is 7.11 Å². The van der Waals surface area contributed by atoms with E-state index >= 15 is 0 Å². The molecule has 1 unspecified atom stereocenters. The van der Waals surface area contributed by atoms with Gasteiger partial charge in [-0.05, 0) is 36.2 Å². The maximum Gasteiger partial charge on any atom is 0.126 e. The molecule has 0 amide bonds. The van der Waals surface area contributed by atoms with Crippen molar-refractivity contribution >= 4 is 15.9 Å². The number of benzene rings is 2. The largest absolute Gasteiger partial charge is 0.496 e. The van der Waals surface area contributed by atoms with Gasteiger partial charge in [-0.25, -0.2) is 4.39 Å². The van der Waals surface area contributed by atoms with E-state index in [1.165, 1.54) is 13.2 Å². The molecule has 1 atom stereocenters. The topological polar surface area (TPSA) is 29.5 Å². The minimum absolute atomic E-state index is 0.326. The second-order valence-corrected chi connectivity index (χ2v) is 5.21. The average Bonchev–Trinajstić information content (AvgIpc) is 2.41. The normalized spacial score (nSPS) is 12.3. The molecule has 2 aromatic rings. The van der Waals surface area contributed by atoms with Gasteiger partial charge in [0.25, 0.3) is 0 Å². The van der Waals surface area contributed by atoms with Crippen LogP contribution in [0.3, 0.4) is 0 Å². The first-order chi connectivity index (χ1) is 9.02. The molecule has 0 spiro atoms. The summed E-state index contributed by atoms with van der Waals surface area (Å²) in [6.45, 7) is 1.69. The maximum atomic E-state index is 13.6. The van der Waals surface area contributed by atoms with Crippen molar-refractivity contribution in [1.29, 1.82) is 0 Å². The quantitative estimate of drug-likeness (QED) is 0.925. The molecule has 100 valence electrons. The number of hydrogen-bond acceptors (Lipinski definition) is 2. The predicted molar refractivity (Wildman–Crippen MR) is 75.9 cm³/mol. The summed E-state index contributed by atoms with van der Waals surface area (Å²) >= 11 is 3.34. The fourth-order valence-electron chi connectivity index (χ4n) is 1.87. The summed E-state index contributed by atoms with van der Waals surface area (Å²) in [5, 5.41) is 10.3. The lowest BCUT2D eigenvalue weighted by molar-refractivity contribution is 0.214. The Morgan fingerprint density at radius 1 is 1.21 bits per heavy atom. The van der Waals surface area contributed by atoms with E-state index in [0.717, 1.165) is 4.47 Å². The van der Waals surface area contributed by atoms with Gasteiger partial charge in [0, 0.05) is 10.0 Å². The van der Waals surface area contributed by atoms with E-state index in [2.05, 4.69) is 15.9 Å². The predicted octanol–water partition coefficient (Wildman–Crippen LogP) is 3.99. The highest BCUT2D eigenvalue weighted by molar-refractivity contribution is 9.10. The van der Waals surface area contributed by atoms with Crippen molar-refractivity contribution in [3.8, 4) is 5.75 Å². The number of ether oxygens (including phenoxy) is 1. The molecule has 0 aliphatic heterocycles. The molecule has 0 radical (unpaired) electrons. The van der Waals surface area contributed by atoms with Gasteiger partial charge in [0.1, 0.15) is 17.7 Å². The Hall–Kier alpha value is -1.39. The molecule has 0 saturated heterocycles. The van der Waals surface area contributed by atoms with E-state index < -0.39 is 6.10 Å². The molecule has 4 heteroatoms. The molecular formula is C15H14BrFO2. The second kappa shape index (κ2) is 5.72. The first-order valence-electron chi connectivity index (χ1n) is 5.80. The van der Waals surface area contributed by atoms with E-state index in [1.54, 1.807) is 31.2 Å². The number of rotatable bonds is 3. The molecule has 1 N–H and O–H groups in total. The van der Waals surface area contributed by atoms with Crippen molar-refractivity contribution in [2.24, 2.45) is 0 Å². The molecular weight excluding hydrogens is 311 g/mol. The lowest BCUT2D eigenvalue weighted by atomic mass is 9.99. The number of methoxy groups -OCH3 is 1. The van der Waals surface area contributed by atoms with Crippen molar-refractivity contribution in [3.05, 3.63) is 63.4 Å². The highest BCUT2D eigenvalue weighted by atomic mass is 79.9. The smallest absolute Gasteiger partial charge is 0.126 e. The highest BCUT2D eigenvalue weighted by Gasteiger charge is 2.16. The zero-order valence-corrected chi connectivity index (χ0v) is 12.2. The molecule has 0 bridgehead atoms. The van der Waals surface area contributed by atoms with Gasteiger partial charge in [-0.15, -0.1) is 0 Å². The minimum Gasteiger partial charge on any atom is -0.496 e. The van der Waals surface area contributed by atoms with Gasteiger partial charge < -0.3 is 9.84 Å². The SMILES string of the molecule is COc1cc(Br)ccc1C(O)c1ccc(C)c(F)c1. The van der Waals surface area contributed by atoms with Crippen LogP contribution in [-0.2, 0) is 0 Å². The van der Waals surface area contributed by atoms with Gasteiger partial charge >= 0.3 is 0 Å². The zero-order chi connectivity index (χ0) is 14.0. The van der Waals surface area contributed by atoms with Crippen molar-refractivity contribution in [2.45, 2.75) is 13.0 Å². The minimum atomic E-state index is -0.918. The molecule has 2 rings (SSSR count). The lowest BCUT2D eigenvalue weighted by Crippen LogP contribution is -2.03. The van der Waals surface area contributed by atoms with E-state index in [0.29, 0.717) is 22.4 Å². The Morgan fingerprint density at radius 2 is 1.95 bits per heavy atom. The van der Waals surface area contributed by atoms with Gasteiger partial charge in [-0.2, -0.15) is 0 Å². The van der Waals surface area contributed by atoms with Crippen LogP contribution in [0, 0.1) is 12.7 Å². The van der Waals surface area contributed by atoms with Crippen LogP contribution in [0.5, 0.6) is 5.75 Å². The van der Waals surface area contributed by atoms with Crippen molar-refractivity contribution < 1.29 is 14.2 Å². The summed E-state index contributed by atoms with van der Waals surface area (Å²) < 4.78 is 19.6. The highest BCUT2D eigenvalue weighted by Crippen LogP contribution is 2.32. The van der Waals surface area contributed by atoms with Crippen LogP contribution in [0.2, 0.25) is 0 Å². The van der Waals surface area contributed by atoms with Gasteiger partial charge in [0.2, 0.25) is 0 Å². The third kappa shape index (κ3) is 2.96. The van der Waals surface area contributed by atoms with Crippen molar-refractivity contribution in [3.63, 3.8) is 0 Å². The molecule has 0 aliphatic carbocycles. The Balaban J connectivity index is 2.43. The van der Waals surface area contributed by atoms with Crippen molar-refractivity contribution in [1.82, 2.24) is 0 Å². The monoisotopic (exact) mass is 324 g/mol. The van der Waals surface area contributed by atoms with Gasteiger partial charge in [-0.1, -0.05) is 34.1 Å². The number of aliphatic hydroxyl groups is 1. The summed E-state index contributed by atoms with van der Waals surface area (Å²) in [5.41, 5.74) is 1.66. The van der Waals surface area contributed by atoms with Crippen LogP contribution in [0.15, 0.2) is 40.9 Å². The van der Waals surface area contributed by atoms with E-state index in [4.69, 9.17) is 4.74 Å². The molecule has 0 heterocycles. The summed E-state index contributed by atoms with van der Waals surface area (Å²) in [4.78, 5) is 0. The lowest BCUT2D eigenvalue weighted by Gasteiger charge is -2.16. The van der Waals surface area contributed by atoms with Crippen LogP contribution in [0.25, 0.3) is 0 Å². The number of aryl methyl sites for hydroxylation is 1. The molecule has 0 aliphatic rings. The fraction of sp³-hybridized carbons (Fsp3) is 0.200. The Labute approximate surface area is 120 Å². The first kappa shape index (κ1) is 14.0. The van der Waals surface area contributed by atoms with Crippen LogP contribution in [0.1, 0.15) is 22.8 Å². The van der Waals surface area contributed by atoms with Crippen LogP contribution in [0.4, 0.5) is 4.39 Å². The van der Waals surface area contributed by atoms with E-state index in [9.17, 15) is 9.50 Å². The molecule has 19 heavy (non-hydrogen) atoms. The average molecular weight is 325 g/mol. The third-order valence-corrected chi connectivity index (χ3v) is 3.49. The Kier molecular flexibility index (Phi) is 4.22. The van der Waals surface area contributed by atoms with Crippen LogP contribution >= 0.6 is 15.9 Å². The summed E-state index contributed by atoms with van der Waals surface area (Å²) in [6.07, 6.45) is -0.918. The van der Waals surface area contributed by atoms with Crippen LogP contribution in [-0.4, -0.2) is 12.2 Å². The first-order valence-corrected chi connectivity index (χ1v) is 6.59. The molecule has 2 nitrogen and oxygen atoms in total. The standard InChI is InChI=1S/C15H14BrFO2/c1-9-3-4-10(7-13(9)17)15(18)12-6-5-11(16)8-14(12)19-2/h3-8,15,18H,1-2H3. The van der Waals surface area contributed by atoms with E-state index in [-0.39, 0.29) is 5.82 Å². The number of aliphatic hydroxyl groups excluding tert-OH is 1. The summed E-state index contributed by atoms with van der Waals surface area (Å²) in [5.74, 6) is 0.232. The molecule has 0 fully saturated rings. The Morgan fingerprint density at radius 3 is 2.58 bits per heavy atom. The summed E-state index contributed by atoms with van der Waals surface area (Å²) in [7, 11) is 1.54. The number of halogens is 2. The zero-order valence-electron chi connectivity index (χ0n) is 10.7. The second-order valence-electron chi connectivity index (χ2n) is 4.30. The molecule has 0 aromatic heterocycles. The fourth-order valence-corrected chi connectivity index (χ4v) is 2.21. The molecule has 2 aromatic carbocycles. The third-order valence-electron chi connectivity index (χ3n) is 3.00. The van der Waals surface area contributed by atoms with Gasteiger partial charge in [0.15, 0.2) is 0 Å². The van der Waals surface area contributed by atoms with Crippen molar-refractivity contribution in [2.75, 3.05) is 7.11 Å². The van der Waals surface area contributed by atoms with Gasteiger partial charge in [-0.3, -0.25) is 0 Å². The van der Waals surface area contributed by atoms with Crippen LogP contribution < -0.4 is 4.74 Å². The Bertz CT molecular complexity index is 599. The summed E-state index contributed by atoms with van der Waals surface area (Å²) in [6, 6.07) is 10.0.